The number of benzene rings is 2. The van der Waals surface area contributed by atoms with Gasteiger partial charge in [0.25, 0.3) is 0 Å². The van der Waals surface area contributed by atoms with E-state index in [1.807, 2.05) is 30.3 Å². The molecule has 0 saturated carbocycles. The maximum Gasteiger partial charge on any atom is 0.354 e. The Kier molecular flexibility index (Phi) is 4.32. The molecule has 0 unspecified atom stereocenters. The van der Waals surface area contributed by atoms with Gasteiger partial charge in [0.1, 0.15) is 5.82 Å². The summed E-state index contributed by atoms with van der Waals surface area (Å²) in [5.74, 6) is 0.533. The van der Waals surface area contributed by atoms with Crippen molar-refractivity contribution in [1.29, 1.82) is 0 Å². The number of methoxy groups -OCH3 is 1. The van der Waals surface area contributed by atoms with Gasteiger partial charge in [-0.1, -0.05) is 23.7 Å². The molecule has 1 N–H and O–H groups in total. The topological polar surface area (TPSA) is 56.2 Å². The molecule has 5 nitrogen and oxygen atoms in total. The van der Waals surface area contributed by atoms with E-state index < -0.39 is 0 Å². The Balaban J connectivity index is 2.33. The van der Waals surface area contributed by atoms with E-state index >= 15 is 0 Å². The van der Waals surface area contributed by atoms with Crippen LogP contribution in [0.2, 0.25) is 5.02 Å². The van der Waals surface area contributed by atoms with E-state index in [1.165, 1.54) is 0 Å². The average molecular weight is 330 g/mol. The molecule has 118 valence electrons. The smallest absolute Gasteiger partial charge is 0.354 e. The second kappa shape index (κ2) is 6.40. The molecule has 3 aromatic rings. The normalized spacial score (nSPS) is 10.9. The first-order valence-electron chi connectivity index (χ1n) is 7.12. The van der Waals surface area contributed by atoms with Crippen LogP contribution in [0.15, 0.2) is 47.3 Å². The fraction of sp³-hybridized carbons (Fsp3) is 0.176. The second-order valence-electron chi connectivity index (χ2n) is 5.09. The average Bonchev–Trinajstić information content (AvgIpc) is 2.54. The summed E-state index contributed by atoms with van der Waals surface area (Å²) in [5.41, 5.74) is 2.05. The first kappa shape index (κ1) is 15.5. The lowest BCUT2D eigenvalue weighted by molar-refractivity contribution is 0.185. The highest BCUT2D eigenvalue weighted by Gasteiger charge is 2.12. The summed E-state index contributed by atoms with van der Waals surface area (Å²) in [6, 6.07) is 13.0. The molecule has 23 heavy (non-hydrogen) atoms. The molecule has 0 aliphatic carbocycles. The highest BCUT2D eigenvalue weighted by atomic mass is 35.5. The van der Waals surface area contributed by atoms with Crippen LogP contribution < -0.4 is 11.0 Å². The lowest BCUT2D eigenvalue weighted by Crippen LogP contribution is -2.23. The maximum absolute atomic E-state index is 12.5. The van der Waals surface area contributed by atoms with Gasteiger partial charge in [-0.05, 0) is 35.9 Å². The van der Waals surface area contributed by atoms with E-state index in [4.69, 9.17) is 16.3 Å². The van der Waals surface area contributed by atoms with Crippen molar-refractivity contribution in [3.8, 4) is 5.69 Å². The van der Waals surface area contributed by atoms with Gasteiger partial charge in [0.2, 0.25) is 0 Å². The van der Waals surface area contributed by atoms with Gasteiger partial charge in [-0.2, -0.15) is 4.98 Å². The predicted octanol–water partition coefficient (Wildman–Crippen LogP) is 3.23. The van der Waals surface area contributed by atoms with E-state index in [9.17, 15) is 4.79 Å². The number of hydrogen-bond acceptors (Lipinski definition) is 4. The Labute approximate surface area is 138 Å². The van der Waals surface area contributed by atoms with Crippen LogP contribution in [0.25, 0.3) is 16.6 Å². The largest absolute Gasteiger partial charge is 0.380 e. The minimum absolute atomic E-state index is 0.362. The molecule has 0 radical (unpaired) electrons. The third kappa shape index (κ3) is 2.93. The lowest BCUT2D eigenvalue weighted by Gasteiger charge is -2.13. The number of fused-ring (bicyclic) bond motifs is 1. The molecule has 1 aromatic heterocycles. The van der Waals surface area contributed by atoms with Crippen molar-refractivity contribution >= 4 is 28.3 Å². The fourth-order valence-electron chi connectivity index (χ4n) is 2.59. The summed E-state index contributed by atoms with van der Waals surface area (Å²) in [6.07, 6.45) is 0. The van der Waals surface area contributed by atoms with Gasteiger partial charge in [0.15, 0.2) is 0 Å². The zero-order chi connectivity index (χ0) is 16.4. The summed E-state index contributed by atoms with van der Waals surface area (Å²) in [5, 5.41) is 4.34. The number of aromatic nitrogens is 2. The van der Waals surface area contributed by atoms with Crippen molar-refractivity contribution in [2.45, 2.75) is 6.61 Å². The minimum Gasteiger partial charge on any atom is -0.380 e. The first-order valence-corrected chi connectivity index (χ1v) is 7.50. The molecular formula is C17H16ClN3O2. The van der Waals surface area contributed by atoms with E-state index in [-0.39, 0.29) is 5.69 Å². The summed E-state index contributed by atoms with van der Waals surface area (Å²) in [7, 11) is 3.37. The van der Waals surface area contributed by atoms with Gasteiger partial charge in [-0.3, -0.25) is 4.57 Å². The van der Waals surface area contributed by atoms with Crippen molar-refractivity contribution in [3.63, 3.8) is 0 Å². The number of nitrogens with zero attached hydrogens (tertiary/aromatic N) is 2. The van der Waals surface area contributed by atoms with Crippen molar-refractivity contribution in [3.05, 3.63) is 63.5 Å². The van der Waals surface area contributed by atoms with Gasteiger partial charge in [-0.15, -0.1) is 0 Å². The molecule has 0 aliphatic rings. The zero-order valence-electron chi connectivity index (χ0n) is 12.8. The zero-order valence-corrected chi connectivity index (χ0v) is 13.6. The predicted molar refractivity (Wildman–Crippen MR) is 92.6 cm³/mol. The van der Waals surface area contributed by atoms with Crippen LogP contribution in [0.5, 0.6) is 0 Å². The Morgan fingerprint density at radius 1 is 1.26 bits per heavy atom. The Hall–Kier alpha value is -2.37. The summed E-state index contributed by atoms with van der Waals surface area (Å²) in [6.45, 7) is 0.476. The molecule has 0 fully saturated rings. The molecule has 6 heteroatoms. The monoisotopic (exact) mass is 329 g/mol. The standard InChI is InChI=1S/C17H16ClN3O2/c1-19-16-14-7-6-12(18)9-15(14)21(17(22)20-16)13-5-3-4-11(8-13)10-23-2/h3-9H,10H2,1-2H3,(H,19,20,22). The van der Waals surface area contributed by atoms with E-state index in [0.717, 1.165) is 16.6 Å². The Bertz CT molecular complexity index is 921. The molecule has 2 aromatic carbocycles. The van der Waals surface area contributed by atoms with E-state index in [2.05, 4.69) is 10.3 Å². The van der Waals surface area contributed by atoms with E-state index in [0.29, 0.717) is 23.0 Å². The number of nitrogens with one attached hydrogen (secondary N) is 1. The van der Waals surface area contributed by atoms with Gasteiger partial charge < -0.3 is 10.1 Å². The highest BCUT2D eigenvalue weighted by molar-refractivity contribution is 6.31. The number of anilines is 1. The van der Waals surface area contributed by atoms with E-state index in [1.54, 1.807) is 30.9 Å². The van der Waals surface area contributed by atoms with Gasteiger partial charge in [0, 0.05) is 24.6 Å². The number of ether oxygens (including phenoxy) is 1. The van der Waals surface area contributed by atoms with Crippen LogP contribution in [0.4, 0.5) is 5.82 Å². The molecule has 0 spiro atoms. The summed E-state index contributed by atoms with van der Waals surface area (Å²) < 4.78 is 6.71. The van der Waals surface area contributed by atoms with Crippen LogP contribution in [0.1, 0.15) is 5.56 Å². The van der Waals surface area contributed by atoms with Crippen LogP contribution in [-0.2, 0) is 11.3 Å². The molecule has 0 saturated heterocycles. The Morgan fingerprint density at radius 2 is 2.09 bits per heavy atom. The highest BCUT2D eigenvalue weighted by Crippen LogP contribution is 2.25. The lowest BCUT2D eigenvalue weighted by atomic mass is 10.2. The third-order valence-corrected chi connectivity index (χ3v) is 3.81. The van der Waals surface area contributed by atoms with Crippen molar-refractivity contribution < 1.29 is 4.74 Å². The van der Waals surface area contributed by atoms with Crippen LogP contribution in [-0.4, -0.2) is 23.7 Å². The maximum atomic E-state index is 12.5. The number of halogens is 1. The molecule has 1 heterocycles. The van der Waals surface area contributed by atoms with Crippen molar-refractivity contribution in [2.24, 2.45) is 0 Å². The molecule has 0 bridgehead atoms. The molecule has 0 atom stereocenters. The number of hydrogen-bond donors (Lipinski definition) is 1. The van der Waals surface area contributed by atoms with Crippen LogP contribution in [0.3, 0.4) is 0 Å². The molecule has 0 aliphatic heterocycles. The SMILES string of the molecule is CNc1nc(=O)n(-c2cccc(COC)c2)c2cc(Cl)ccc12. The van der Waals surface area contributed by atoms with Crippen molar-refractivity contribution in [1.82, 2.24) is 9.55 Å². The van der Waals surface area contributed by atoms with Crippen molar-refractivity contribution in [2.75, 3.05) is 19.5 Å². The minimum atomic E-state index is -0.362. The van der Waals surface area contributed by atoms with Crippen LogP contribution in [0, 0.1) is 0 Å². The third-order valence-electron chi connectivity index (χ3n) is 3.57. The van der Waals surface area contributed by atoms with Crippen LogP contribution >= 0.6 is 11.6 Å². The number of rotatable bonds is 4. The Morgan fingerprint density at radius 3 is 2.83 bits per heavy atom. The van der Waals surface area contributed by atoms with Gasteiger partial charge in [0.05, 0.1) is 17.8 Å². The summed E-state index contributed by atoms with van der Waals surface area (Å²) >= 11 is 6.13. The molecular weight excluding hydrogens is 314 g/mol. The quantitative estimate of drug-likeness (QED) is 0.798. The second-order valence-corrected chi connectivity index (χ2v) is 5.53. The van der Waals surface area contributed by atoms with Gasteiger partial charge >= 0.3 is 5.69 Å². The molecule has 3 rings (SSSR count). The van der Waals surface area contributed by atoms with Gasteiger partial charge in [-0.25, -0.2) is 4.79 Å². The summed E-state index contributed by atoms with van der Waals surface area (Å²) in [4.78, 5) is 16.7. The fourth-order valence-corrected chi connectivity index (χ4v) is 2.76. The molecule has 0 amide bonds. The first-order chi connectivity index (χ1) is 11.1.